The molecule has 1 unspecified atom stereocenters. The number of carbonyl (C=O) groups is 2. The molecule has 0 radical (unpaired) electrons. The summed E-state index contributed by atoms with van der Waals surface area (Å²) in [5, 5.41) is 15.3. The fourth-order valence-electron chi connectivity index (χ4n) is 3.58. The Morgan fingerprint density at radius 2 is 1.96 bits per heavy atom. The maximum Gasteiger partial charge on any atom is 0.295 e. The minimum Gasteiger partial charge on any atom is -0.507 e. The number of Topliss-reactive ketones (excluding diaryl/α,β-unsaturated/α-hetero) is 1. The van der Waals surface area contributed by atoms with Crippen LogP contribution >= 0.6 is 0 Å². The first kappa shape index (κ1) is 19.7. The molecule has 0 bridgehead atoms. The molecule has 1 aliphatic heterocycles. The molecule has 2 heterocycles. The average molecular weight is 383 g/mol. The lowest BCUT2D eigenvalue weighted by Crippen LogP contribution is -2.24. The highest BCUT2D eigenvalue weighted by atomic mass is 16.5. The third-order valence-corrected chi connectivity index (χ3v) is 5.07. The number of ether oxygens (including phenoxy) is 1. The number of aryl methyl sites for hydroxylation is 2. The van der Waals surface area contributed by atoms with Crippen molar-refractivity contribution in [1.82, 2.24) is 14.7 Å². The minimum absolute atomic E-state index is 0.0688. The highest BCUT2D eigenvalue weighted by Gasteiger charge is 2.44. The summed E-state index contributed by atoms with van der Waals surface area (Å²) in [4.78, 5) is 26.5. The number of nitrogens with zero attached hydrogens (tertiary/aromatic N) is 3. The normalized spacial score (nSPS) is 18.8. The fraction of sp³-hybridized carbons (Fsp3) is 0.381. The molecule has 2 aromatic rings. The number of amides is 1. The van der Waals surface area contributed by atoms with Crippen LogP contribution in [0.25, 0.3) is 5.76 Å². The van der Waals surface area contributed by atoms with Gasteiger partial charge >= 0.3 is 0 Å². The van der Waals surface area contributed by atoms with E-state index in [4.69, 9.17) is 4.74 Å². The van der Waals surface area contributed by atoms with Crippen molar-refractivity contribution in [2.45, 2.75) is 33.2 Å². The Morgan fingerprint density at radius 1 is 1.25 bits per heavy atom. The van der Waals surface area contributed by atoms with Crippen LogP contribution in [0.3, 0.4) is 0 Å². The predicted octanol–water partition coefficient (Wildman–Crippen LogP) is 2.88. The first-order chi connectivity index (χ1) is 13.3. The quantitative estimate of drug-likeness (QED) is 0.488. The van der Waals surface area contributed by atoms with Crippen LogP contribution in [0.1, 0.15) is 41.9 Å². The first-order valence-electron chi connectivity index (χ1n) is 9.25. The van der Waals surface area contributed by atoms with Crippen molar-refractivity contribution < 1.29 is 19.4 Å². The molecule has 1 N–H and O–H groups in total. The molecule has 1 aliphatic rings. The fourth-order valence-corrected chi connectivity index (χ4v) is 3.58. The molecule has 7 nitrogen and oxygen atoms in total. The number of hydrogen-bond donors (Lipinski definition) is 1. The maximum absolute atomic E-state index is 12.7. The summed E-state index contributed by atoms with van der Waals surface area (Å²) >= 11 is 0. The molecular formula is C21H25N3O4. The number of aromatic nitrogens is 2. The summed E-state index contributed by atoms with van der Waals surface area (Å²) in [7, 11) is 3.33. The van der Waals surface area contributed by atoms with Crippen molar-refractivity contribution in [3.05, 3.63) is 52.4 Å². The van der Waals surface area contributed by atoms with Gasteiger partial charge in [-0.15, -0.1) is 0 Å². The number of rotatable bonds is 5. The number of ketones is 1. The van der Waals surface area contributed by atoms with Crippen LogP contribution in [0, 0.1) is 13.8 Å². The van der Waals surface area contributed by atoms with Gasteiger partial charge in [-0.25, -0.2) is 0 Å². The zero-order chi connectivity index (χ0) is 20.6. The van der Waals surface area contributed by atoms with E-state index in [-0.39, 0.29) is 11.3 Å². The summed E-state index contributed by atoms with van der Waals surface area (Å²) in [5.41, 5.74) is 2.57. The molecule has 7 heteroatoms. The Balaban J connectivity index is 2.16. The van der Waals surface area contributed by atoms with Crippen molar-refractivity contribution in [3.63, 3.8) is 0 Å². The lowest BCUT2D eigenvalue weighted by atomic mass is 9.94. The molecule has 148 valence electrons. The van der Waals surface area contributed by atoms with E-state index in [2.05, 4.69) is 5.10 Å². The van der Waals surface area contributed by atoms with E-state index in [0.29, 0.717) is 29.2 Å². The van der Waals surface area contributed by atoms with Crippen LogP contribution in [0.2, 0.25) is 0 Å². The number of likely N-dealkylation sites (tertiary alicyclic amines) is 1. The molecule has 1 aromatic carbocycles. The third kappa shape index (κ3) is 3.17. The van der Waals surface area contributed by atoms with Gasteiger partial charge in [0.2, 0.25) is 0 Å². The van der Waals surface area contributed by atoms with Crippen molar-refractivity contribution in [3.8, 4) is 5.75 Å². The Hall–Kier alpha value is -3.09. The van der Waals surface area contributed by atoms with Crippen molar-refractivity contribution in [2.75, 3.05) is 13.7 Å². The molecule has 1 saturated heterocycles. The van der Waals surface area contributed by atoms with E-state index in [1.807, 2.05) is 32.0 Å². The highest BCUT2D eigenvalue weighted by Crippen LogP contribution is 2.40. The number of likely N-dealkylation sites (N-methyl/N-ethyl adjacent to an activating group) is 1. The van der Waals surface area contributed by atoms with Gasteiger partial charge in [0.1, 0.15) is 11.5 Å². The van der Waals surface area contributed by atoms with Gasteiger partial charge < -0.3 is 14.7 Å². The summed E-state index contributed by atoms with van der Waals surface area (Å²) in [6.45, 7) is 6.16. The van der Waals surface area contributed by atoms with Gasteiger partial charge in [-0.1, -0.05) is 19.1 Å². The zero-order valence-corrected chi connectivity index (χ0v) is 16.8. The molecule has 1 atom stereocenters. The number of aliphatic hydroxyl groups is 1. The van der Waals surface area contributed by atoms with E-state index < -0.39 is 17.7 Å². The van der Waals surface area contributed by atoms with Gasteiger partial charge in [0.25, 0.3) is 11.7 Å². The molecule has 3 rings (SSSR count). The monoisotopic (exact) mass is 383 g/mol. The Bertz CT molecular complexity index is 974. The lowest BCUT2D eigenvalue weighted by Gasteiger charge is -2.21. The topological polar surface area (TPSA) is 84.7 Å². The smallest absolute Gasteiger partial charge is 0.295 e. The zero-order valence-electron chi connectivity index (χ0n) is 16.8. The number of aliphatic hydroxyl groups excluding tert-OH is 1. The second-order valence-corrected chi connectivity index (χ2v) is 7.00. The number of carbonyl (C=O) groups excluding carboxylic acids is 2. The molecule has 1 amide bonds. The van der Waals surface area contributed by atoms with E-state index >= 15 is 0 Å². The highest BCUT2D eigenvalue weighted by molar-refractivity contribution is 6.46. The predicted molar refractivity (Wildman–Crippen MR) is 105 cm³/mol. The first-order valence-corrected chi connectivity index (χ1v) is 9.25. The van der Waals surface area contributed by atoms with Gasteiger partial charge in [0, 0.05) is 19.8 Å². The summed E-state index contributed by atoms with van der Waals surface area (Å²) in [5.74, 6) is -0.888. The molecule has 1 fully saturated rings. The summed E-state index contributed by atoms with van der Waals surface area (Å²) in [6.07, 6.45) is 0.871. The maximum atomic E-state index is 12.7. The van der Waals surface area contributed by atoms with Crippen LogP contribution in [0.15, 0.2) is 29.8 Å². The number of benzene rings is 1. The van der Waals surface area contributed by atoms with Crippen LogP contribution in [-0.4, -0.2) is 45.1 Å². The summed E-state index contributed by atoms with van der Waals surface area (Å²) < 4.78 is 7.33. The van der Waals surface area contributed by atoms with Crippen molar-refractivity contribution >= 4 is 17.4 Å². The number of hydrogen-bond acceptors (Lipinski definition) is 5. The lowest BCUT2D eigenvalue weighted by molar-refractivity contribution is -0.139. The SMILES string of the molecule is CCCOc1cccc(C2/C(=C(\O)c3c(C)nn(C)c3C)C(=O)C(=O)N2C)c1. The molecular weight excluding hydrogens is 358 g/mol. The van der Waals surface area contributed by atoms with Crippen molar-refractivity contribution in [2.24, 2.45) is 7.05 Å². The molecule has 0 saturated carbocycles. The van der Waals surface area contributed by atoms with Gasteiger partial charge in [-0.3, -0.25) is 14.3 Å². The van der Waals surface area contributed by atoms with Crippen molar-refractivity contribution in [1.29, 1.82) is 0 Å². The van der Waals surface area contributed by atoms with Gasteiger partial charge in [-0.2, -0.15) is 5.10 Å². The van der Waals surface area contributed by atoms with Gasteiger partial charge in [0.15, 0.2) is 0 Å². The third-order valence-electron chi connectivity index (χ3n) is 5.07. The second kappa shape index (κ2) is 7.50. The Morgan fingerprint density at radius 3 is 2.57 bits per heavy atom. The van der Waals surface area contributed by atoms with Crippen LogP contribution in [0.5, 0.6) is 5.75 Å². The van der Waals surface area contributed by atoms with Crippen LogP contribution in [0.4, 0.5) is 0 Å². The molecule has 1 aromatic heterocycles. The average Bonchev–Trinajstić information content (AvgIpc) is 3.06. The van der Waals surface area contributed by atoms with Gasteiger partial charge in [0.05, 0.1) is 29.5 Å². The van der Waals surface area contributed by atoms with E-state index in [9.17, 15) is 14.7 Å². The Kier molecular flexibility index (Phi) is 5.27. The standard InChI is InChI=1S/C21H25N3O4/c1-6-10-28-15-9-7-8-14(11-15)18-17(20(26)21(27)23(18)4)19(25)16-12(2)22-24(5)13(16)3/h7-9,11,18,25H,6,10H2,1-5H3/b19-17+. The molecule has 0 spiro atoms. The van der Waals surface area contributed by atoms with Crippen LogP contribution < -0.4 is 4.74 Å². The van der Waals surface area contributed by atoms with E-state index in [1.165, 1.54) is 4.90 Å². The minimum atomic E-state index is -0.701. The largest absolute Gasteiger partial charge is 0.507 e. The molecule has 28 heavy (non-hydrogen) atoms. The Labute approximate surface area is 164 Å². The van der Waals surface area contributed by atoms with Gasteiger partial charge in [-0.05, 0) is 38.0 Å². The second-order valence-electron chi connectivity index (χ2n) is 7.00. The molecule has 0 aliphatic carbocycles. The van der Waals surface area contributed by atoms with E-state index in [1.54, 1.807) is 31.8 Å². The van der Waals surface area contributed by atoms with Crippen LogP contribution in [-0.2, 0) is 16.6 Å². The van der Waals surface area contributed by atoms with E-state index in [0.717, 1.165) is 12.1 Å². The summed E-state index contributed by atoms with van der Waals surface area (Å²) in [6, 6.07) is 6.58.